The number of hydrogen-bond acceptors (Lipinski definition) is 4. The van der Waals surface area contributed by atoms with Crippen LogP contribution >= 0.6 is 0 Å². The van der Waals surface area contributed by atoms with E-state index in [0.29, 0.717) is 35.6 Å². The van der Waals surface area contributed by atoms with E-state index in [1.54, 1.807) is 24.4 Å². The number of ether oxygens (including phenoxy) is 1. The number of allylic oxidation sites excluding steroid dienone is 1. The molecule has 0 radical (unpaired) electrons. The Morgan fingerprint density at radius 2 is 1.94 bits per heavy atom. The first-order valence-corrected chi connectivity index (χ1v) is 11.7. The van der Waals surface area contributed by atoms with Crippen LogP contribution in [0.15, 0.2) is 48.7 Å². The molecular formula is C27H26F3NO3. The molecule has 34 heavy (non-hydrogen) atoms. The Morgan fingerprint density at radius 1 is 1.12 bits per heavy atom. The molecule has 6 atom stereocenters. The van der Waals surface area contributed by atoms with Crippen molar-refractivity contribution in [3.8, 4) is 11.1 Å². The number of alkyl halides is 3. The second kappa shape index (κ2) is 8.67. The predicted octanol–water partition coefficient (Wildman–Crippen LogP) is 5.96. The molecule has 4 nitrogen and oxygen atoms in total. The number of carbonyl (C=O) groups excluding carboxylic acids is 2. The summed E-state index contributed by atoms with van der Waals surface area (Å²) < 4.78 is 44.7. The van der Waals surface area contributed by atoms with Crippen LogP contribution in [0, 0.1) is 29.6 Å². The molecule has 1 aliphatic heterocycles. The van der Waals surface area contributed by atoms with Crippen LogP contribution < -0.4 is 0 Å². The summed E-state index contributed by atoms with van der Waals surface area (Å²) in [6, 6.07) is 8.71. The van der Waals surface area contributed by atoms with Gasteiger partial charge in [0.1, 0.15) is 11.9 Å². The van der Waals surface area contributed by atoms with E-state index >= 15 is 0 Å². The first kappa shape index (κ1) is 22.8. The zero-order valence-electron chi connectivity index (χ0n) is 18.8. The number of nitrogens with zero attached hydrogens (tertiary/aromatic N) is 1. The highest BCUT2D eigenvalue weighted by molar-refractivity contribution is 5.80. The molecule has 1 aromatic carbocycles. The molecule has 2 saturated carbocycles. The van der Waals surface area contributed by atoms with Crippen molar-refractivity contribution in [2.24, 2.45) is 29.6 Å². The smallest absolute Gasteiger partial charge is 0.416 e. The van der Waals surface area contributed by atoms with E-state index in [4.69, 9.17) is 4.74 Å². The number of aromatic nitrogens is 1. The van der Waals surface area contributed by atoms with Gasteiger partial charge in [-0.15, -0.1) is 0 Å². The summed E-state index contributed by atoms with van der Waals surface area (Å²) in [6.45, 7) is 1.93. The van der Waals surface area contributed by atoms with Gasteiger partial charge in [-0.2, -0.15) is 13.2 Å². The molecule has 5 rings (SSSR count). The topological polar surface area (TPSA) is 56.3 Å². The monoisotopic (exact) mass is 469 g/mol. The zero-order valence-corrected chi connectivity index (χ0v) is 18.8. The van der Waals surface area contributed by atoms with Crippen LogP contribution in [0.2, 0.25) is 0 Å². The van der Waals surface area contributed by atoms with E-state index in [9.17, 15) is 22.8 Å². The van der Waals surface area contributed by atoms with Crippen LogP contribution in [0.25, 0.3) is 17.2 Å². The van der Waals surface area contributed by atoms with Crippen molar-refractivity contribution >= 4 is 17.8 Å². The number of ketones is 1. The molecule has 1 aromatic heterocycles. The Kier molecular flexibility index (Phi) is 5.82. The van der Waals surface area contributed by atoms with Gasteiger partial charge in [-0.05, 0) is 67.4 Å². The highest BCUT2D eigenvalue weighted by atomic mass is 19.4. The Labute approximate surface area is 196 Å². The van der Waals surface area contributed by atoms with Gasteiger partial charge in [-0.1, -0.05) is 24.3 Å². The average Bonchev–Trinajstić information content (AvgIpc) is 3.10. The summed E-state index contributed by atoms with van der Waals surface area (Å²) in [6.07, 6.45) is 3.67. The fourth-order valence-corrected chi connectivity index (χ4v) is 6.15. The second-order valence-corrected chi connectivity index (χ2v) is 9.75. The maximum Gasteiger partial charge on any atom is 0.416 e. The van der Waals surface area contributed by atoms with E-state index in [0.717, 1.165) is 25.0 Å². The van der Waals surface area contributed by atoms with Gasteiger partial charge in [0.05, 0.1) is 17.2 Å². The molecule has 0 bridgehead atoms. The molecule has 2 aliphatic carbocycles. The molecule has 0 amide bonds. The Bertz CT molecular complexity index is 1120. The lowest BCUT2D eigenvalue weighted by atomic mass is 9.57. The van der Waals surface area contributed by atoms with Gasteiger partial charge in [-0.25, -0.2) is 0 Å². The van der Waals surface area contributed by atoms with Gasteiger partial charge in [0.25, 0.3) is 0 Å². The zero-order chi connectivity index (χ0) is 24.0. The van der Waals surface area contributed by atoms with Crippen molar-refractivity contribution in [1.82, 2.24) is 4.98 Å². The maximum atomic E-state index is 13.0. The molecule has 2 heterocycles. The summed E-state index contributed by atoms with van der Waals surface area (Å²) in [7, 11) is 0. The number of carbonyl (C=O) groups is 2. The van der Waals surface area contributed by atoms with Crippen LogP contribution in [0.5, 0.6) is 0 Å². The number of esters is 1. The quantitative estimate of drug-likeness (QED) is 0.520. The highest BCUT2D eigenvalue weighted by Gasteiger charge is 2.54. The lowest BCUT2D eigenvalue weighted by molar-refractivity contribution is -0.144. The number of pyridine rings is 1. The number of halogens is 3. The fraction of sp³-hybridized carbons (Fsp3) is 0.444. The minimum atomic E-state index is -4.40. The van der Waals surface area contributed by atoms with Crippen LogP contribution in [0.4, 0.5) is 13.2 Å². The van der Waals surface area contributed by atoms with Gasteiger partial charge >= 0.3 is 12.1 Å². The Balaban J connectivity index is 1.39. The van der Waals surface area contributed by atoms with Crippen molar-refractivity contribution < 1.29 is 27.5 Å². The third-order valence-corrected chi connectivity index (χ3v) is 7.77. The van der Waals surface area contributed by atoms with Crippen molar-refractivity contribution in [1.29, 1.82) is 0 Å². The summed E-state index contributed by atoms with van der Waals surface area (Å²) in [5, 5.41) is 0. The Morgan fingerprint density at radius 3 is 2.68 bits per heavy atom. The van der Waals surface area contributed by atoms with Gasteiger partial charge in [0, 0.05) is 30.5 Å². The number of fused-ring (bicyclic) bond motifs is 2. The van der Waals surface area contributed by atoms with Crippen molar-refractivity contribution in [3.05, 3.63) is 59.9 Å². The summed E-state index contributed by atoms with van der Waals surface area (Å²) in [5.74, 6) is 0.632. The van der Waals surface area contributed by atoms with Gasteiger partial charge in [0.2, 0.25) is 0 Å². The lowest BCUT2D eigenvalue weighted by Gasteiger charge is -2.45. The Hall–Kier alpha value is -2.96. The van der Waals surface area contributed by atoms with E-state index < -0.39 is 11.7 Å². The number of benzene rings is 1. The van der Waals surface area contributed by atoms with E-state index in [-0.39, 0.29) is 41.5 Å². The summed E-state index contributed by atoms with van der Waals surface area (Å²) in [4.78, 5) is 29.1. The maximum absolute atomic E-state index is 13.0. The molecule has 7 heteroatoms. The molecule has 5 unspecified atom stereocenters. The lowest BCUT2D eigenvalue weighted by Crippen LogP contribution is -2.44. The summed E-state index contributed by atoms with van der Waals surface area (Å²) >= 11 is 0. The molecule has 2 aromatic rings. The largest absolute Gasteiger partial charge is 0.462 e. The standard InChI is InChI=1S/C27H26F3NO3/c1-15-25-22(23-13-21(32)9-6-17(23)12-24(25)26(33)34-15)10-8-20-7-5-18(14-31-20)16-3-2-4-19(11-16)27(28,29)30/h2-5,7-8,10-11,14-15,17,22-25H,6,9,12-13H2,1H3/b10-8+/t15?,17?,22-,23?,24?,25?/m0/s1. The van der Waals surface area contributed by atoms with Crippen LogP contribution in [-0.4, -0.2) is 22.8 Å². The first-order chi connectivity index (χ1) is 16.2. The van der Waals surface area contributed by atoms with Crippen LogP contribution in [0.3, 0.4) is 0 Å². The third-order valence-electron chi connectivity index (χ3n) is 7.77. The van der Waals surface area contributed by atoms with Crippen molar-refractivity contribution in [2.45, 2.75) is 44.9 Å². The van der Waals surface area contributed by atoms with Crippen molar-refractivity contribution in [2.75, 3.05) is 0 Å². The van der Waals surface area contributed by atoms with Crippen LogP contribution in [0.1, 0.15) is 43.9 Å². The number of Topliss-reactive ketones (excluding diaryl/α,β-unsaturated/α-hetero) is 1. The molecule has 3 fully saturated rings. The minimum absolute atomic E-state index is 0.0411. The number of hydrogen-bond donors (Lipinski definition) is 0. The summed E-state index contributed by atoms with van der Waals surface area (Å²) in [5.41, 5.74) is 1.03. The molecule has 3 aliphatic rings. The molecule has 178 valence electrons. The molecular weight excluding hydrogens is 443 g/mol. The van der Waals surface area contributed by atoms with E-state index in [2.05, 4.69) is 11.1 Å². The van der Waals surface area contributed by atoms with Crippen LogP contribution in [-0.2, 0) is 20.5 Å². The van der Waals surface area contributed by atoms with Gasteiger partial charge in [0.15, 0.2) is 0 Å². The second-order valence-electron chi connectivity index (χ2n) is 9.75. The van der Waals surface area contributed by atoms with Crippen molar-refractivity contribution in [3.63, 3.8) is 0 Å². The first-order valence-electron chi connectivity index (χ1n) is 11.7. The molecule has 1 saturated heterocycles. The van der Waals surface area contributed by atoms with Gasteiger partial charge in [-0.3, -0.25) is 14.6 Å². The van der Waals surface area contributed by atoms with E-state index in [1.807, 2.05) is 13.0 Å². The predicted molar refractivity (Wildman–Crippen MR) is 120 cm³/mol. The van der Waals surface area contributed by atoms with E-state index in [1.165, 1.54) is 6.07 Å². The average molecular weight is 470 g/mol. The third kappa shape index (κ3) is 4.28. The number of rotatable bonds is 3. The fourth-order valence-electron chi connectivity index (χ4n) is 6.15. The minimum Gasteiger partial charge on any atom is -0.462 e. The number of cyclic esters (lactones) is 1. The SMILES string of the molecule is CC1OC(=O)C2CC3CCC(=O)CC3[C@H](/C=C/c3ccc(-c4cccc(C(F)(F)F)c4)cn3)C12. The normalized spacial score (nSPS) is 31.3. The molecule has 0 spiro atoms. The van der Waals surface area contributed by atoms with Gasteiger partial charge < -0.3 is 4.74 Å². The highest BCUT2D eigenvalue weighted by Crippen LogP contribution is 2.53. The molecule has 0 N–H and O–H groups in total.